The van der Waals surface area contributed by atoms with Crippen LogP contribution in [0.3, 0.4) is 0 Å². The Morgan fingerprint density at radius 2 is 0.796 bits per heavy atom. The molecule has 1 saturated carbocycles. The molecule has 0 bridgehead atoms. The van der Waals surface area contributed by atoms with E-state index < -0.39 is 35.8 Å². The highest BCUT2D eigenvalue weighted by Crippen LogP contribution is 2.45. The number of piperidine rings is 1. The zero-order chi connectivity index (χ0) is 98.4. The Bertz CT molecular complexity index is 7950. The first-order valence-electron chi connectivity index (χ1n) is 46.3. The third-order valence-electron chi connectivity index (χ3n) is 26.8. The molecule has 1 aliphatic carbocycles. The van der Waals surface area contributed by atoms with E-state index in [2.05, 4.69) is 116 Å². The summed E-state index contributed by atoms with van der Waals surface area (Å²) in [6.45, 7) is 5.39. The van der Waals surface area contributed by atoms with Crippen LogP contribution in [-0.4, -0.2) is 222 Å². The number of aromatic nitrogens is 21. The van der Waals surface area contributed by atoms with E-state index in [0.29, 0.717) is 124 Å². The maximum atomic E-state index is 11.4. The molecule has 42 heteroatoms. The zero-order valence-electron chi connectivity index (χ0n) is 76.6. The molecule has 15 aromatic heterocycles. The first-order valence-corrected chi connectivity index (χ1v) is 47.9. The maximum Gasteiger partial charge on any atom is 0.317 e. The molecule has 5 aliphatic rings. The van der Waals surface area contributed by atoms with Gasteiger partial charge in [0.25, 0.3) is 0 Å². The van der Waals surface area contributed by atoms with Crippen LogP contribution >= 0.6 is 31.9 Å². The van der Waals surface area contributed by atoms with Crippen LogP contribution in [0.5, 0.6) is 0 Å². The van der Waals surface area contributed by atoms with Crippen molar-refractivity contribution in [2.75, 3.05) is 102 Å². The number of carbonyl (C=O) groups is 5. The molecule has 5 fully saturated rings. The van der Waals surface area contributed by atoms with Crippen LogP contribution in [0.1, 0.15) is 87.4 Å². The van der Waals surface area contributed by atoms with Crippen LogP contribution in [0.4, 0.5) is 46.5 Å². The molecule has 40 nitrogen and oxygen atoms in total. The van der Waals surface area contributed by atoms with E-state index in [4.69, 9.17) is 68.9 Å². The largest absolute Gasteiger partial charge is 0.481 e. The molecule has 0 spiro atoms. The Hall–Kier alpha value is -16.5. The van der Waals surface area contributed by atoms with Gasteiger partial charge < -0.3 is 68.9 Å². The highest BCUT2D eigenvalue weighted by molar-refractivity contribution is 9.11. The third-order valence-corrected chi connectivity index (χ3v) is 28.4. The second-order valence-corrected chi connectivity index (χ2v) is 37.8. The number of aryl methyl sites for hydroxylation is 1. The number of halogens is 2. The van der Waals surface area contributed by atoms with E-state index in [1.807, 2.05) is 145 Å². The number of benzene rings is 4. The van der Waals surface area contributed by atoms with Crippen molar-refractivity contribution in [3.8, 4) is 55.6 Å². The number of carboxylic acid groups (broad SMARTS) is 5. The number of para-hydroxylation sites is 4. The summed E-state index contributed by atoms with van der Waals surface area (Å²) in [5.41, 5.74) is 48.9. The second-order valence-electron chi connectivity index (χ2n) is 36.2. The third kappa shape index (κ3) is 19.1. The average Bonchev–Trinajstić information content (AvgIpc) is 1.61. The summed E-state index contributed by atoms with van der Waals surface area (Å²) in [6, 6.07) is 45.5. The van der Waals surface area contributed by atoms with E-state index in [9.17, 15) is 34.2 Å². The van der Waals surface area contributed by atoms with Crippen molar-refractivity contribution in [1.29, 1.82) is 0 Å². The van der Waals surface area contributed by atoms with Crippen LogP contribution in [-0.2, 0) is 31.0 Å². The maximum absolute atomic E-state index is 11.4. The van der Waals surface area contributed by atoms with E-state index in [-0.39, 0.29) is 49.0 Å². The Morgan fingerprint density at radius 3 is 1.23 bits per heavy atom. The summed E-state index contributed by atoms with van der Waals surface area (Å²) in [5.74, 6) is 0.382. The standard InChI is InChI=1S/C22H22N6O2.C21H18BrN5O2.C21H20N6O2.C20H17BrN6O2.C16H19N7O2/c23-20-9-19(15-5-3-7-27(12-15)13-21(29)30)26-22-17(11-25-28(20)22)16-8-14-4-1-2-6-18(14)24-10-16;22-17-18(12-5-6-13(8-12)21(28)29)26-20-15(10-25-27(20)19(17)23)14-7-11-3-1-2-4-16(11)24-9-14;22-18-9-19(26-6-5-13(12-26)7-20(28)29)25-21-16(11-24-27(18)21)15-8-14-3-1-2-4-17(14)23-10-15;21-16-17(22)27-18(25-19(16)26-6-5-12(10-26)20(28)29)14(9-24-27)13-7-11-3-1-2-4-15(11)23-8-13;1-21-9-11(6-18-21)12-7-19-23-13(17)5-14(20-16(12)23)22-3-2-10(8-22)4-15(24)25/h1-2,4,6,8-11,15H,3,5,7,12-13,23H2,(H,29,30);1-4,7,9-10,12-13H,5-6,8,23H2,(H,28,29);1-4,8-11,13H,5-7,12,22H2,(H,28,29);1-4,7-9,12H,5-6,10,22H2,(H,28,29);5-7,9-10H,2-4,8,17H2,1H3,(H,24,25). The van der Waals surface area contributed by atoms with Gasteiger partial charge in [-0.25, -0.2) is 24.9 Å². The fraction of sp³-hybridized carbons (Fsp3) is 0.260. The Kier molecular flexibility index (Phi) is 25.9. The number of likely N-dealkylation sites (tertiary alicyclic amines) is 1. The molecular weight excluding hydrogens is 1940 g/mol. The van der Waals surface area contributed by atoms with Gasteiger partial charge in [0, 0.05) is 204 Å². The minimum absolute atomic E-state index is 0.0505. The number of aliphatic carboxylic acids is 5. The van der Waals surface area contributed by atoms with Gasteiger partial charge in [-0.15, -0.1) is 0 Å². The van der Waals surface area contributed by atoms with Crippen molar-refractivity contribution in [3.05, 3.63) is 228 Å². The predicted octanol–water partition coefficient (Wildman–Crippen LogP) is 14.1. The lowest BCUT2D eigenvalue weighted by Crippen LogP contribution is -2.38. The molecule has 4 aromatic carbocycles. The molecule has 142 heavy (non-hydrogen) atoms. The zero-order valence-corrected chi connectivity index (χ0v) is 79.8. The number of carboxylic acids is 5. The van der Waals surface area contributed by atoms with Crippen molar-refractivity contribution < 1.29 is 49.5 Å². The number of pyridine rings is 4. The molecule has 4 aliphatic heterocycles. The van der Waals surface area contributed by atoms with E-state index in [1.165, 1.54) is 0 Å². The molecule has 720 valence electrons. The van der Waals surface area contributed by atoms with Gasteiger partial charge in [0.15, 0.2) is 28.2 Å². The number of fused-ring (bicyclic) bond motifs is 9. The lowest BCUT2D eigenvalue weighted by atomic mass is 9.94. The van der Waals surface area contributed by atoms with Gasteiger partial charge in [0.1, 0.15) is 51.0 Å². The number of nitrogen functional groups attached to an aromatic ring is 5. The van der Waals surface area contributed by atoms with Crippen LogP contribution in [0.25, 0.3) is 127 Å². The molecule has 19 heterocycles. The van der Waals surface area contributed by atoms with Crippen molar-refractivity contribution in [3.63, 3.8) is 0 Å². The van der Waals surface area contributed by atoms with E-state index in [0.717, 1.165) is 174 Å². The first kappa shape index (κ1) is 93.2. The van der Waals surface area contributed by atoms with Crippen molar-refractivity contribution in [2.24, 2.45) is 30.7 Å². The van der Waals surface area contributed by atoms with Gasteiger partial charge in [0.2, 0.25) is 0 Å². The number of nitrogens with two attached hydrogens (primary N) is 5. The average molecular weight is 2040 g/mol. The number of anilines is 8. The summed E-state index contributed by atoms with van der Waals surface area (Å²) in [7, 11) is 1.86. The van der Waals surface area contributed by atoms with Crippen molar-refractivity contribution in [2.45, 2.75) is 76.0 Å². The van der Waals surface area contributed by atoms with E-state index >= 15 is 0 Å². The van der Waals surface area contributed by atoms with Gasteiger partial charge in [0.05, 0.1) is 93.5 Å². The summed E-state index contributed by atoms with van der Waals surface area (Å²) < 4.78 is 11.1. The second kappa shape index (κ2) is 39.4. The lowest BCUT2D eigenvalue weighted by molar-refractivity contribution is -0.142. The molecule has 24 rings (SSSR count). The molecule has 0 amide bonds. The first-order chi connectivity index (χ1) is 68.7. The van der Waals surface area contributed by atoms with Crippen LogP contribution in [0.2, 0.25) is 0 Å². The molecule has 19 aromatic rings. The van der Waals surface area contributed by atoms with Crippen LogP contribution in [0, 0.1) is 23.7 Å². The van der Waals surface area contributed by atoms with Crippen LogP contribution < -0.4 is 43.4 Å². The van der Waals surface area contributed by atoms with E-state index in [1.54, 1.807) is 82.8 Å². The molecular formula is C100H96Br2N30O10. The Morgan fingerprint density at radius 1 is 0.380 bits per heavy atom. The lowest BCUT2D eigenvalue weighted by Gasteiger charge is -2.31. The highest BCUT2D eigenvalue weighted by atomic mass is 79.9. The monoisotopic (exact) mass is 2030 g/mol. The summed E-state index contributed by atoms with van der Waals surface area (Å²) in [5, 5.41) is 76.1. The highest BCUT2D eigenvalue weighted by Gasteiger charge is 2.37. The Labute approximate surface area is 824 Å². The van der Waals surface area contributed by atoms with Crippen molar-refractivity contribution in [1.82, 2.24) is 108 Å². The SMILES string of the molecule is Cn1cc(-c2cnn3c(N)cc(N4CCC(CC(=O)O)C4)nc23)cn1.Nc1c(Br)c(C2CCC(C(=O)O)C2)nc2c(-c3cnc4ccccc4c3)cnn12.Nc1c(Br)c(N2CCC(C(=O)O)C2)nc2c(-c3cnc4ccccc4c3)cnn12.Nc1cc(C2CCCN(CC(=O)O)C2)nc2c(-c3cnc4ccccc4c3)cnn12.Nc1cc(N2CCC(CC(=O)O)C2)nc2c(-c3cnc4ccccc4c3)cnn12. The molecule has 0 radical (unpaired) electrons. The quantitative estimate of drug-likeness (QED) is 0.0381. The van der Waals surface area contributed by atoms with Gasteiger partial charge in [-0.1, -0.05) is 72.8 Å². The number of rotatable bonds is 18. The number of nitrogens with zero attached hydrogens (tertiary/aromatic N) is 25. The smallest absolute Gasteiger partial charge is 0.317 e. The number of hydrogen-bond acceptors (Lipinski definition) is 29. The summed E-state index contributed by atoms with van der Waals surface area (Å²) in [6.07, 6.45) is 26.2. The number of hydrogen-bond donors (Lipinski definition) is 10. The topological polar surface area (TPSA) is 550 Å². The molecule has 6 unspecified atom stereocenters. The van der Waals surface area contributed by atoms with Crippen molar-refractivity contribution >= 4 is 180 Å². The molecule has 6 atom stereocenters. The van der Waals surface area contributed by atoms with Gasteiger partial charge >= 0.3 is 29.8 Å². The minimum Gasteiger partial charge on any atom is -0.481 e. The molecule has 4 saturated heterocycles. The van der Waals surface area contributed by atoms with Gasteiger partial charge in [-0.2, -0.15) is 53.2 Å². The summed E-state index contributed by atoms with van der Waals surface area (Å²) in [4.78, 5) is 106. The van der Waals surface area contributed by atoms with Gasteiger partial charge in [-0.05, 0) is 150 Å². The van der Waals surface area contributed by atoms with Gasteiger partial charge in [-0.3, -0.25) is 53.5 Å². The van der Waals surface area contributed by atoms with Crippen LogP contribution in [0.15, 0.2) is 217 Å². The normalized spacial score (nSPS) is 17.5. The predicted molar refractivity (Wildman–Crippen MR) is 544 cm³/mol. The molecule has 15 N–H and O–H groups in total. The summed E-state index contributed by atoms with van der Waals surface area (Å²) >= 11 is 7.07. The minimum atomic E-state index is -0.805. The fourth-order valence-electron chi connectivity index (χ4n) is 19.6. The Balaban J connectivity index is 0.000000109. The fourth-order valence-corrected chi connectivity index (χ4v) is 20.6.